The molecular formula is C23H22N4OS2. The molecule has 0 atom stereocenters. The summed E-state index contributed by atoms with van der Waals surface area (Å²) in [6.45, 7) is 0.955. The minimum atomic E-state index is -0.0341. The summed E-state index contributed by atoms with van der Waals surface area (Å²) in [5.41, 5.74) is 2.97. The van der Waals surface area contributed by atoms with Crippen LogP contribution < -0.4 is 5.32 Å². The van der Waals surface area contributed by atoms with E-state index in [2.05, 4.69) is 27.4 Å². The Labute approximate surface area is 184 Å². The first-order valence-electron chi connectivity index (χ1n) is 9.61. The van der Waals surface area contributed by atoms with Gasteiger partial charge >= 0.3 is 0 Å². The van der Waals surface area contributed by atoms with Gasteiger partial charge in [-0.2, -0.15) is 0 Å². The molecule has 2 heterocycles. The van der Waals surface area contributed by atoms with Gasteiger partial charge in [0.1, 0.15) is 5.01 Å². The van der Waals surface area contributed by atoms with E-state index in [9.17, 15) is 4.79 Å². The summed E-state index contributed by atoms with van der Waals surface area (Å²) >= 11 is 3.35. The first kappa shape index (κ1) is 20.5. The number of carbonyl (C=O) groups excluding carboxylic acids is 1. The molecule has 0 saturated carbocycles. The van der Waals surface area contributed by atoms with Crippen molar-refractivity contribution in [2.24, 2.45) is 0 Å². The topological polar surface area (TPSA) is 58.1 Å². The molecule has 5 nitrogen and oxygen atoms in total. The van der Waals surface area contributed by atoms with Crippen LogP contribution in [0.3, 0.4) is 0 Å². The Morgan fingerprint density at radius 1 is 1.10 bits per heavy atom. The molecule has 0 bridgehead atoms. The molecule has 0 aliphatic heterocycles. The third-order valence-electron chi connectivity index (χ3n) is 4.39. The molecule has 152 valence electrons. The molecule has 4 aromatic rings. The van der Waals surface area contributed by atoms with Crippen molar-refractivity contribution in [1.29, 1.82) is 0 Å². The van der Waals surface area contributed by atoms with Crippen molar-refractivity contribution >= 4 is 44.9 Å². The predicted octanol–water partition coefficient (Wildman–Crippen LogP) is 5.05. The van der Waals surface area contributed by atoms with Gasteiger partial charge < -0.3 is 5.32 Å². The molecule has 0 radical (unpaired) electrons. The highest BCUT2D eigenvalue weighted by molar-refractivity contribution is 7.98. The lowest BCUT2D eigenvalue weighted by Gasteiger charge is -2.15. The zero-order chi connectivity index (χ0) is 20.8. The van der Waals surface area contributed by atoms with Gasteiger partial charge in [0, 0.05) is 17.6 Å². The Hall–Kier alpha value is -2.74. The maximum absolute atomic E-state index is 12.5. The lowest BCUT2D eigenvalue weighted by Crippen LogP contribution is -2.29. The van der Waals surface area contributed by atoms with Crippen molar-refractivity contribution in [3.63, 3.8) is 0 Å². The fourth-order valence-corrected chi connectivity index (χ4v) is 4.90. The van der Waals surface area contributed by atoms with E-state index in [1.807, 2.05) is 66.5 Å². The summed E-state index contributed by atoms with van der Waals surface area (Å²) in [5, 5.41) is 5.00. The SMILES string of the molecule is CN(CC(=O)Nc1cccc(CSc2ccccn2)c1)Cc1nc2ccccc2s1. The highest BCUT2D eigenvalue weighted by atomic mass is 32.2. The fraction of sp³-hybridized carbons (Fsp3) is 0.174. The molecule has 0 fully saturated rings. The van der Waals surface area contributed by atoms with Crippen molar-refractivity contribution in [1.82, 2.24) is 14.9 Å². The maximum atomic E-state index is 12.5. The number of nitrogens with one attached hydrogen (secondary N) is 1. The Morgan fingerprint density at radius 2 is 1.97 bits per heavy atom. The summed E-state index contributed by atoms with van der Waals surface area (Å²) < 4.78 is 1.17. The standard InChI is InChI=1S/C23H22N4OS2/c1-27(15-23-26-19-9-2-3-10-20(19)30-23)14-21(28)25-18-8-6-7-17(13-18)16-29-22-11-4-5-12-24-22/h2-13H,14-16H2,1H3,(H,25,28). The van der Waals surface area contributed by atoms with Crippen LogP contribution in [0.15, 0.2) is 78.0 Å². The van der Waals surface area contributed by atoms with Gasteiger partial charge in [-0.1, -0.05) is 30.3 Å². The molecule has 0 unspecified atom stereocenters. The minimum Gasteiger partial charge on any atom is -0.325 e. The normalized spacial score (nSPS) is 11.1. The Bertz CT molecular complexity index is 1100. The first-order valence-corrected chi connectivity index (χ1v) is 11.4. The summed E-state index contributed by atoms with van der Waals surface area (Å²) in [7, 11) is 1.94. The van der Waals surface area contributed by atoms with E-state index >= 15 is 0 Å². The van der Waals surface area contributed by atoms with Gasteiger partial charge in [0.15, 0.2) is 0 Å². The predicted molar refractivity (Wildman–Crippen MR) is 125 cm³/mol. The molecule has 2 aromatic carbocycles. The highest BCUT2D eigenvalue weighted by Crippen LogP contribution is 2.23. The van der Waals surface area contributed by atoms with Crippen molar-refractivity contribution in [2.75, 3.05) is 18.9 Å². The number of anilines is 1. The van der Waals surface area contributed by atoms with Crippen LogP contribution in [0, 0.1) is 0 Å². The van der Waals surface area contributed by atoms with Gasteiger partial charge in [0.2, 0.25) is 5.91 Å². The average Bonchev–Trinajstić information content (AvgIpc) is 3.15. The number of hydrogen-bond donors (Lipinski definition) is 1. The molecular weight excluding hydrogens is 412 g/mol. The number of nitrogens with zero attached hydrogens (tertiary/aromatic N) is 3. The molecule has 30 heavy (non-hydrogen) atoms. The molecule has 2 aromatic heterocycles. The number of carbonyl (C=O) groups is 1. The van der Waals surface area contributed by atoms with Crippen LogP contribution in [0.4, 0.5) is 5.69 Å². The second kappa shape index (κ2) is 9.84. The van der Waals surface area contributed by atoms with Crippen LogP contribution in [0.5, 0.6) is 0 Å². The Morgan fingerprint density at radius 3 is 2.80 bits per heavy atom. The number of aromatic nitrogens is 2. The van der Waals surface area contributed by atoms with E-state index < -0.39 is 0 Å². The lowest BCUT2D eigenvalue weighted by molar-refractivity contribution is -0.117. The minimum absolute atomic E-state index is 0.0341. The largest absolute Gasteiger partial charge is 0.325 e. The molecule has 1 amide bonds. The van der Waals surface area contributed by atoms with E-state index in [1.165, 1.54) is 4.70 Å². The summed E-state index contributed by atoms with van der Waals surface area (Å²) in [6.07, 6.45) is 1.80. The number of pyridine rings is 1. The van der Waals surface area contributed by atoms with Crippen molar-refractivity contribution in [3.05, 3.63) is 83.5 Å². The number of benzene rings is 2. The molecule has 0 aliphatic carbocycles. The number of para-hydroxylation sites is 1. The number of hydrogen-bond acceptors (Lipinski definition) is 6. The van der Waals surface area contributed by atoms with Crippen molar-refractivity contribution in [3.8, 4) is 0 Å². The van der Waals surface area contributed by atoms with Crippen LogP contribution in [0.25, 0.3) is 10.2 Å². The second-order valence-electron chi connectivity index (χ2n) is 6.95. The number of amides is 1. The third kappa shape index (κ3) is 5.66. The second-order valence-corrected chi connectivity index (χ2v) is 9.06. The molecule has 4 rings (SSSR count). The van der Waals surface area contributed by atoms with E-state index in [-0.39, 0.29) is 5.91 Å². The number of fused-ring (bicyclic) bond motifs is 1. The van der Waals surface area contributed by atoms with Gasteiger partial charge in [-0.05, 0) is 49.0 Å². The number of thiazole rings is 1. The van der Waals surface area contributed by atoms with Gasteiger partial charge in [-0.25, -0.2) is 9.97 Å². The van der Waals surface area contributed by atoms with E-state index in [1.54, 1.807) is 29.3 Å². The van der Waals surface area contributed by atoms with E-state index in [0.29, 0.717) is 13.1 Å². The third-order valence-corrected chi connectivity index (χ3v) is 6.43. The van der Waals surface area contributed by atoms with Crippen LogP contribution >= 0.6 is 23.1 Å². The smallest absolute Gasteiger partial charge is 0.238 e. The average molecular weight is 435 g/mol. The lowest BCUT2D eigenvalue weighted by atomic mass is 10.2. The number of thioether (sulfide) groups is 1. The number of rotatable bonds is 8. The van der Waals surface area contributed by atoms with Gasteiger partial charge in [0.05, 0.1) is 28.3 Å². The van der Waals surface area contributed by atoms with E-state index in [4.69, 9.17) is 0 Å². The molecule has 7 heteroatoms. The van der Waals surface area contributed by atoms with Crippen molar-refractivity contribution < 1.29 is 4.79 Å². The van der Waals surface area contributed by atoms with Crippen LogP contribution in [-0.4, -0.2) is 34.4 Å². The summed E-state index contributed by atoms with van der Waals surface area (Å²) in [6, 6.07) is 21.9. The van der Waals surface area contributed by atoms with Crippen LogP contribution in [-0.2, 0) is 17.1 Å². The van der Waals surface area contributed by atoms with Crippen molar-refractivity contribution in [2.45, 2.75) is 17.3 Å². The van der Waals surface area contributed by atoms with Gasteiger partial charge in [-0.15, -0.1) is 23.1 Å². The molecule has 0 saturated heterocycles. The maximum Gasteiger partial charge on any atom is 0.238 e. The van der Waals surface area contributed by atoms with Crippen LogP contribution in [0.1, 0.15) is 10.6 Å². The molecule has 0 aliphatic rings. The van der Waals surface area contributed by atoms with Crippen LogP contribution in [0.2, 0.25) is 0 Å². The van der Waals surface area contributed by atoms with Gasteiger partial charge in [-0.3, -0.25) is 9.69 Å². The quantitative estimate of drug-likeness (QED) is 0.393. The highest BCUT2D eigenvalue weighted by Gasteiger charge is 2.11. The number of likely N-dealkylation sites (N-methyl/N-ethyl adjacent to an activating group) is 1. The molecule has 1 N–H and O–H groups in total. The first-order chi connectivity index (χ1) is 14.7. The molecule has 0 spiro atoms. The Balaban J connectivity index is 1.29. The zero-order valence-electron chi connectivity index (χ0n) is 16.6. The van der Waals surface area contributed by atoms with Gasteiger partial charge in [0.25, 0.3) is 0 Å². The fourth-order valence-electron chi connectivity index (χ4n) is 3.05. The van der Waals surface area contributed by atoms with E-state index in [0.717, 1.165) is 32.6 Å². The zero-order valence-corrected chi connectivity index (χ0v) is 18.2. The monoisotopic (exact) mass is 434 g/mol. The summed E-state index contributed by atoms with van der Waals surface area (Å²) in [4.78, 5) is 23.4. The summed E-state index contributed by atoms with van der Waals surface area (Å²) in [5.74, 6) is 0.770. The Kier molecular flexibility index (Phi) is 6.74.